The van der Waals surface area contributed by atoms with E-state index < -0.39 is 42.6 Å². The van der Waals surface area contributed by atoms with Crippen LogP contribution in [0.4, 0.5) is 0 Å². The highest BCUT2D eigenvalue weighted by molar-refractivity contribution is 5.69. The third-order valence-electron chi connectivity index (χ3n) is 9.45. The van der Waals surface area contributed by atoms with Crippen molar-refractivity contribution in [1.82, 2.24) is 0 Å². The Kier molecular flexibility index (Phi) is 29.2. The maximum Gasteiger partial charge on any atom is 0.308 e. The second kappa shape index (κ2) is 31.5. The molecule has 5 unspecified atom stereocenters. The summed E-state index contributed by atoms with van der Waals surface area (Å²) in [5, 5.41) is 31.0. The first-order valence-corrected chi connectivity index (χ1v) is 20.1. The first-order valence-electron chi connectivity index (χ1n) is 20.1. The van der Waals surface area contributed by atoms with Gasteiger partial charge in [0.1, 0.15) is 31.0 Å². The lowest BCUT2D eigenvalue weighted by atomic mass is 9.99. The molecule has 1 heterocycles. The summed E-state index contributed by atoms with van der Waals surface area (Å²) in [7, 11) is 0. The quantitative estimate of drug-likeness (QED) is 0.0364. The van der Waals surface area contributed by atoms with Crippen LogP contribution in [0, 0.1) is 0 Å². The van der Waals surface area contributed by atoms with Crippen LogP contribution in [0.15, 0.2) is 12.2 Å². The largest absolute Gasteiger partial charge is 0.463 e. The topological polar surface area (TPSA) is 123 Å². The maximum atomic E-state index is 12.4. The normalized spacial score (nSPS) is 21.1. The number of esters is 2. The zero-order valence-corrected chi connectivity index (χ0v) is 30.9. The molecule has 1 aliphatic rings. The number of allylic oxidation sites excluding steroid dienone is 2. The molecule has 0 radical (unpaired) electrons. The second-order valence-electron chi connectivity index (χ2n) is 14.0. The predicted octanol–water partition coefficient (Wildman–Crippen LogP) is 9.40. The van der Waals surface area contributed by atoms with E-state index in [-0.39, 0.29) is 19.4 Å². The van der Waals surface area contributed by atoms with Gasteiger partial charge in [-0.25, -0.2) is 0 Å². The molecule has 0 saturated carbocycles. The standard InChI is InChI=1S/C40H74O8/c1-3-5-7-9-11-13-15-17-18-20-21-23-25-27-29-31-35(41)46-33-34-37(43)38(44)39(45)40(47-34)48-36(42)32-30-28-26-24-22-19-16-14-12-10-8-6-4-2/h19,22,34,37-40,43-45H,3-18,20-21,23-33H2,1-2H3. The van der Waals surface area contributed by atoms with Crippen molar-refractivity contribution in [2.45, 2.75) is 224 Å². The third kappa shape index (κ3) is 23.8. The van der Waals surface area contributed by atoms with E-state index >= 15 is 0 Å². The van der Waals surface area contributed by atoms with Gasteiger partial charge in [0.2, 0.25) is 6.29 Å². The van der Waals surface area contributed by atoms with Crippen molar-refractivity contribution in [2.24, 2.45) is 0 Å². The Hall–Kier alpha value is -1.48. The molecule has 1 saturated heterocycles. The zero-order chi connectivity index (χ0) is 35.1. The van der Waals surface area contributed by atoms with Crippen molar-refractivity contribution < 1.29 is 39.1 Å². The minimum atomic E-state index is -1.59. The fourth-order valence-electron chi connectivity index (χ4n) is 6.21. The Labute approximate surface area is 293 Å². The van der Waals surface area contributed by atoms with Crippen LogP contribution in [0.3, 0.4) is 0 Å². The lowest BCUT2D eigenvalue weighted by Crippen LogP contribution is -2.59. The first-order chi connectivity index (χ1) is 23.4. The Bertz CT molecular complexity index is 787. The van der Waals surface area contributed by atoms with Gasteiger partial charge < -0.3 is 29.5 Å². The van der Waals surface area contributed by atoms with Gasteiger partial charge in [-0.2, -0.15) is 0 Å². The number of carbonyl (C=O) groups is 2. The van der Waals surface area contributed by atoms with Crippen molar-refractivity contribution in [3.63, 3.8) is 0 Å². The molecule has 0 aliphatic carbocycles. The van der Waals surface area contributed by atoms with Crippen molar-refractivity contribution >= 4 is 11.9 Å². The number of carbonyl (C=O) groups excluding carboxylic acids is 2. The van der Waals surface area contributed by atoms with Crippen LogP contribution < -0.4 is 0 Å². The minimum absolute atomic E-state index is 0.172. The van der Waals surface area contributed by atoms with Crippen LogP contribution in [0.25, 0.3) is 0 Å². The molecule has 8 heteroatoms. The number of hydrogen-bond acceptors (Lipinski definition) is 8. The van der Waals surface area contributed by atoms with Crippen LogP contribution in [0.5, 0.6) is 0 Å². The molecular formula is C40H74O8. The lowest BCUT2D eigenvalue weighted by Gasteiger charge is -2.39. The average Bonchev–Trinajstić information content (AvgIpc) is 3.08. The molecule has 1 fully saturated rings. The third-order valence-corrected chi connectivity index (χ3v) is 9.45. The molecule has 0 aromatic rings. The fraction of sp³-hybridized carbons (Fsp3) is 0.900. The summed E-state index contributed by atoms with van der Waals surface area (Å²) in [4.78, 5) is 24.7. The molecule has 0 aromatic carbocycles. The molecule has 3 N–H and O–H groups in total. The molecule has 48 heavy (non-hydrogen) atoms. The van der Waals surface area contributed by atoms with E-state index in [0.29, 0.717) is 6.42 Å². The van der Waals surface area contributed by atoms with Gasteiger partial charge in [-0.15, -0.1) is 0 Å². The van der Waals surface area contributed by atoms with Crippen LogP contribution in [0.2, 0.25) is 0 Å². The van der Waals surface area contributed by atoms with E-state index in [1.54, 1.807) is 0 Å². The molecule has 0 spiro atoms. The van der Waals surface area contributed by atoms with Crippen LogP contribution in [-0.4, -0.2) is 64.6 Å². The summed E-state index contributed by atoms with van der Waals surface area (Å²) < 4.78 is 16.2. The van der Waals surface area contributed by atoms with Crippen molar-refractivity contribution in [2.75, 3.05) is 6.61 Å². The highest BCUT2D eigenvalue weighted by Gasteiger charge is 2.46. The van der Waals surface area contributed by atoms with E-state index in [4.69, 9.17) is 14.2 Å². The van der Waals surface area contributed by atoms with Gasteiger partial charge >= 0.3 is 11.9 Å². The van der Waals surface area contributed by atoms with E-state index in [1.165, 1.54) is 116 Å². The van der Waals surface area contributed by atoms with E-state index in [2.05, 4.69) is 26.0 Å². The number of rotatable bonds is 32. The van der Waals surface area contributed by atoms with Crippen LogP contribution in [-0.2, 0) is 23.8 Å². The van der Waals surface area contributed by atoms with Gasteiger partial charge in [0, 0.05) is 12.8 Å². The van der Waals surface area contributed by atoms with Crippen LogP contribution >= 0.6 is 0 Å². The van der Waals surface area contributed by atoms with E-state index in [1.807, 2.05) is 0 Å². The van der Waals surface area contributed by atoms with Gasteiger partial charge in [0.25, 0.3) is 0 Å². The Morgan fingerprint density at radius 3 is 1.40 bits per heavy atom. The number of ether oxygens (including phenoxy) is 3. The predicted molar refractivity (Wildman–Crippen MR) is 193 cm³/mol. The molecule has 8 nitrogen and oxygen atoms in total. The summed E-state index contributed by atoms with van der Waals surface area (Å²) in [6.45, 7) is 4.20. The Morgan fingerprint density at radius 2 is 0.917 bits per heavy atom. The molecule has 5 atom stereocenters. The van der Waals surface area contributed by atoms with Crippen molar-refractivity contribution in [3.8, 4) is 0 Å². The average molecular weight is 683 g/mol. The summed E-state index contributed by atoms with van der Waals surface area (Å²) in [5.41, 5.74) is 0. The lowest BCUT2D eigenvalue weighted by molar-refractivity contribution is -0.293. The highest BCUT2D eigenvalue weighted by atomic mass is 16.7. The number of aliphatic hydroxyl groups excluding tert-OH is 3. The van der Waals surface area contributed by atoms with E-state index in [9.17, 15) is 24.9 Å². The van der Waals surface area contributed by atoms with Gasteiger partial charge in [0.05, 0.1) is 0 Å². The summed E-state index contributed by atoms with van der Waals surface area (Å²) in [5.74, 6) is -0.933. The van der Waals surface area contributed by atoms with Crippen molar-refractivity contribution in [1.29, 1.82) is 0 Å². The molecule has 282 valence electrons. The maximum absolute atomic E-state index is 12.4. The molecule has 1 aliphatic heterocycles. The second-order valence-corrected chi connectivity index (χ2v) is 14.0. The van der Waals surface area contributed by atoms with Gasteiger partial charge in [0.15, 0.2) is 0 Å². The van der Waals surface area contributed by atoms with Gasteiger partial charge in [-0.05, 0) is 38.5 Å². The van der Waals surface area contributed by atoms with E-state index in [0.717, 1.165) is 44.9 Å². The minimum Gasteiger partial charge on any atom is -0.463 e. The summed E-state index contributed by atoms with van der Waals surface area (Å²) in [6.07, 6.45) is 29.0. The summed E-state index contributed by atoms with van der Waals surface area (Å²) in [6, 6.07) is 0. The summed E-state index contributed by atoms with van der Waals surface area (Å²) >= 11 is 0. The smallest absolute Gasteiger partial charge is 0.308 e. The molecule has 1 rings (SSSR count). The van der Waals surface area contributed by atoms with Gasteiger partial charge in [-0.1, -0.05) is 154 Å². The zero-order valence-electron chi connectivity index (χ0n) is 30.9. The number of unbranched alkanes of at least 4 members (excludes halogenated alkanes) is 23. The number of aliphatic hydroxyl groups is 3. The van der Waals surface area contributed by atoms with Crippen LogP contribution in [0.1, 0.15) is 194 Å². The monoisotopic (exact) mass is 683 g/mol. The molecule has 0 amide bonds. The SMILES string of the molecule is CCCCCCCCC=CCCCCCC(=O)OC1OC(COC(=O)CCCCCCCCCCCCCCCCC)C(O)C(O)C1O. The molecule has 0 bridgehead atoms. The number of hydrogen-bond donors (Lipinski definition) is 3. The Balaban J connectivity index is 2.10. The van der Waals surface area contributed by atoms with Gasteiger partial charge in [-0.3, -0.25) is 9.59 Å². The highest BCUT2D eigenvalue weighted by Crippen LogP contribution is 2.24. The first kappa shape index (κ1) is 44.5. The molecule has 0 aromatic heterocycles. The Morgan fingerprint density at radius 1 is 0.521 bits per heavy atom. The van der Waals surface area contributed by atoms with Crippen molar-refractivity contribution in [3.05, 3.63) is 12.2 Å². The molecular weight excluding hydrogens is 608 g/mol. The fourth-order valence-corrected chi connectivity index (χ4v) is 6.21.